The number of hydrogen-bond acceptors (Lipinski definition) is 4. The largest absolute Gasteiger partial charge is 0.360 e. The van der Waals surface area contributed by atoms with Gasteiger partial charge < -0.3 is 14.7 Å². The van der Waals surface area contributed by atoms with Crippen LogP contribution < -0.4 is 5.32 Å². The van der Waals surface area contributed by atoms with Crippen LogP contribution in [0.15, 0.2) is 16.8 Å². The predicted molar refractivity (Wildman–Crippen MR) is 61.1 cm³/mol. The van der Waals surface area contributed by atoms with E-state index in [0.717, 1.165) is 25.1 Å². The average molecular weight is 235 g/mol. The average Bonchev–Trinajstić information content (AvgIpc) is 2.99. The summed E-state index contributed by atoms with van der Waals surface area (Å²) in [6.07, 6.45) is 6.06. The highest BCUT2D eigenvalue weighted by atomic mass is 16.5. The van der Waals surface area contributed by atoms with E-state index in [-0.39, 0.29) is 11.9 Å². The van der Waals surface area contributed by atoms with E-state index in [1.54, 1.807) is 6.20 Å². The van der Waals surface area contributed by atoms with Crippen molar-refractivity contribution < 1.29 is 9.32 Å². The molecule has 17 heavy (non-hydrogen) atoms. The fourth-order valence-electron chi connectivity index (χ4n) is 2.30. The molecule has 1 N–H and O–H groups in total. The van der Waals surface area contributed by atoms with Crippen molar-refractivity contribution in [3.63, 3.8) is 0 Å². The van der Waals surface area contributed by atoms with Crippen LogP contribution in [0.25, 0.3) is 0 Å². The number of nitrogens with zero attached hydrogens (tertiary/aromatic N) is 2. The van der Waals surface area contributed by atoms with Gasteiger partial charge in [-0.05, 0) is 25.7 Å². The number of hydrogen-bond donors (Lipinski definition) is 1. The Balaban J connectivity index is 1.61. The van der Waals surface area contributed by atoms with E-state index in [2.05, 4.69) is 10.5 Å². The number of likely N-dealkylation sites (tertiary alicyclic amines) is 1. The molecule has 92 valence electrons. The van der Waals surface area contributed by atoms with Crippen molar-refractivity contribution >= 4 is 5.91 Å². The van der Waals surface area contributed by atoms with Gasteiger partial charge in [0.2, 0.25) is 5.91 Å². The zero-order chi connectivity index (χ0) is 11.7. The van der Waals surface area contributed by atoms with Crippen LogP contribution in [0.5, 0.6) is 0 Å². The van der Waals surface area contributed by atoms with Crippen molar-refractivity contribution in [2.45, 2.75) is 44.3 Å². The number of aromatic nitrogens is 1. The van der Waals surface area contributed by atoms with Crippen molar-refractivity contribution in [2.75, 3.05) is 6.54 Å². The number of carbonyl (C=O) groups excluding carboxylic acids is 1. The second kappa shape index (κ2) is 4.49. The molecule has 2 fully saturated rings. The summed E-state index contributed by atoms with van der Waals surface area (Å²) in [7, 11) is 0. The van der Waals surface area contributed by atoms with Gasteiger partial charge in [-0.3, -0.25) is 4.79 Å². The van der Waals surface area contributed by atoms with Crippen molar-refractivity contribution in [1.82, 2.24) is 15.4 Å². The molecule has 1 saturated carbocycles. The van der Waals surface area contributed by atoms with Gasteiger partial charge in [0.1, 0.15) is 0 Å². The minimum Gasteiger partial charge on any atom is -0.360 e. The fourth-order valence-corrected chi connectivity index (χ4v) is 2.30. The quantitative estimate of drug-likeness (QED) is 0.843. The molecule has 1 aliphatic carbocycles. The molecule has 1 aromatic rings. The number of nitrogens with one attached hydrogen (secondary N) is 1. The van der Waals surface area contributed by atoms with E-state index in [4.69, 9.17) is 4.52 Å². The summed E-state index contributed by atoms with van der Waals surface area (Å²) in [4.78, 5) is 14.1. The Morgan fingerprint density at radius 3 is 3.06 bits per heavy atom. The molecular formula is C12H17N3O2. The molecule has 1 amide bonds. The molecule has 2 aliphatic rings. The first-order chi connectivity index (χ1) is 8.33. The van der Waals surface area contributed by atoms with Crippen LogP contribution in [0.2, 0.25) is 0 Å². The van der Waals surface area contributed by atoms with Gasteiger partial charge in [0.25, 0.3) is 0 Å². The lowest BCUT2D eigenvalue weighted by molar-refractivity contribution is -0.137. The summed E-state index contributed by atoms with van der Waals surface area (Å²) in [6.45, 7) is 1.37. The van der Waals surface area contributed by atoms with Gasteiger partial charge in [-0.25, -0.2) is 0 Å². The summed E-state index contributed by atoms with van der Waals surface area (Å²) in [5.41, 5.74) is 0. The van der Waals surface area contributed by atoms with Crippen LogP contribution in [0.1, 0.15) is 31.4 Å². The summed E-state index contributed by atoms with van der Waals surface area (Å²) in [6, 6.07) is 2.40. The molecule has 0 aromatic carbocycles. The molecule has 1 unspecified atom stereocenters. The second-order valence-corrected chi connectivity index (χ2v) is 4.87. The maximum atomic E-state index is 12.2. The van der Waals surface area contributed by atoms with Gasteiger partial charge in [-0.15, -0.1) is 0 Å². The standard InChI is InChI=1S/C12H17N3O2/c16-12-11(14-9-3-4-9)2-1-7-15(12)8-10-5-6-13-17-10/h5-6,9,11,14H,1-4,7-8H2. The Morgan fingerprint density at radius 2 is 2.35 bits per heavy atom. The SMILES string of the molecule is O=C1C(NC2CC2)CCCN1Cc1ccno1. The third-order valence-electron chi connectivity index (χ3n) is 3.38. The van der Waals surface area contributed by atoms with E-state index in [1.165, 1.54) is 12.8 Å². The van der Waals surface area contributed by atoms with Crippen LogP contribution in [-0.4, -0.2) is 34.6 Å². The highest BCUT2D eigenvalue weighted by Gasteiger charge is 2.33. The van der Waals surface area contributed by atoms with E-state index >= 15 is 0 Å². The van der Waals surface area contributed by atoms with Gasteiger partial charge in [-0.1, -0.05) is 5.16 Å². The van der Waals surface area contributed by atoms with E-state index in [9.17, 15) is 4.79 Å². The summed E-state index contributed by atoms with van der Waals surface area (Å²) < 4.78 is 5.05. The normalized spacial score (nSPS) is 25.3. The summed E-state index contributed by atoms with van der Waals surface area (Å²) in [5, 5.41) is 7.08. The van der Waals surface area contributed by atoms with Crippen molar-refractivity contribution in [3.8, 4) is 0 Å². The van der Waals surface area contributed by atoms with E-state index in [1.807, 2.05) is 11.0 Å². The number of carbonyl (C=O) groups is 1. The lowest BCUT2D eigenvalue weighted by Gasteiger charge is -2.32. The van der Waals surface area contributed by atoms with Gasteiger partial charge in [0, 0.05) is 18.7 Å². The molecule has 5 heteroatoms. The minimum atomic E-state index is 0.0131. The first-order valence-corrected chi connectivity index (χ1v) is 6.27. The molecule has 0 radical (unpaired) electrons. The number of rotatable bonds is 4. The lowest BCUT2D eigenvalue weighted by Crippen LogP contribution is -2.50. The Labute approximate surface area is 100 Å². The summed E-state index contributed by atoms with van der Waals surface area (Å²) >= 11 is 0. The van der Waals surface area contributed by atoms with Crippen LogP contribution in [-0.2, 0) is 11.3 Å². The molecule has 1 atom stereocenters. The zero-order valence-electron chi connectivity index (χ0n) is 9.76. The van der Waals surface area contributed by atoms with Gasteiger partial charge in [-0.2, -0.15) is 0 Å². The Morgan fingerprint density at radius 1 is 1.47 bits per heavy atom. The zero-order valence-corrected chi connectivity index (χ0v) is 9.76. The van der Waals surface area contributed by atoms with Crippen molar-refractivity contribution in [1.29, 1.82) is 0 Å². The molecule has 0 spiro atoms. The van der Waals surface area contributed by atoms with Crippen LogP contribution >= 0.6 is 0 Å². The maximum absolute atomic E-state index is 12.2. The van der Waals surface area contributed by atoms with E-state index in [0.29, 0.717) is 12.6 Å². The highest BCUT2D eigenvalue weighted by molar-refractivity contribution is 5.82. The predicted octanol–water partition coefficient (Wildman–Crippen LogP) is 0.918. The van der Waals surface area contributed by atoms with E-state index < -0.39 is 0 Å². The van der Waals surface area contributed by atoms with Gasteiger partial charge in [0.15, 0.2) is 5.76 Å². The second-order valence-electron chi connectivity index (χ2n) is 4.87. The topological polar surface area (TPSA) is 58.4 Å². The third kappa shape index (κ3) is 2.49. The maximum Gasteiger partial charge on any atom is 0.240 e. The Bertz CT molecular complexity index is 386. The molecule has 2 heterocycles. The molecule has 1 aromatic heterocycles. The Hall–Kier alpha value is -1.36. The van der Waals surface area contributed by atoms with Crippen LogP contribution in [0, 0.1) is 0 Å². The van der Waals surface area contributed by atoms with Crippen LogP contribution in [0.4, 0.5) is 0 Å². The minimum absolute atomic E-state index is 0.0131. The molecule has 1 aliphatic heterocycles. The summed E-state index contributed by atoms with van der Waals surface area (Å²) in [5.74, 6) is 0.963. The molecule has 3 rings (SSSR count). The Kier molecular flexibility index (Phi) is 2.84. The first-order valence-electron chi connectivity index (χ1n) is 6.27. The molecule has 0 bridgehead atoms. The monoisotopic (exact) mass is 235 g/mol. The van der Waals surface area contributed by atoms with Crippen molar-refractivity contribution in [3.05, 3.63) is 18.0 Å². The molecular weight excluding hydrogens is 218 g/mol. The smallest absolute Gasteiger partial charge is 0.240 e. The fraction of sp³-hybridized carbons (Fsp3) is 0.667. The van der Waals surface area contributed by atoms with Crippen LogP contribution in [0.3, 0.4) is 0 Å². The van der Waals surface area contributed by atoms with Gasteiger partial charge in [0.05, 0.1) is 18.8 Å². The number of amides is 1. The number of piperidine rings is 1. The lowest BCUT2D eigenvalue weighted by atomic mass is 10.0. The van der Waals surface area contributed by atoms with Gasteiger partial charge >= 0.3 is 0 Å². The molecule has 5 nitrogen and oxygen atoms in total. The third-order valence-corrected chi connectivity index (χ3v) is 3.38. The molecule has 1 saturated heterocycles. The highest BCUT2D eigenvalue weighted by Crippen LogP contribution is 2.23. The first kappa shape index (κ1) is 10.8. The van der Waals surface area contributed by atoms with Crippen molar-refractivity contribution in [2.24, 2.45) is 0 Å².